The third-order valence-corrected chi connectivity index (χ3v) is 4.72. The topological polar surface area (TPSA) is 62.6 Å². The first kappa shape index (κ1) is 21.7. The van der Waals surface area contributed by atoms with E-state index in [1.54, 1.807) is 49.4 Å². The van der Waals surface area contributed by atoms with Crippen LogP contribution in [0.15, 0.2) is 78.9 Å². The molecular weight excluding hydrogens is 388 g/mol. The van der Waals surface area contributed by atoms with Crippen molar-refractivity contribution >= 4 is 12.0 Å². The summed E-state index contributed by atoms with van der Waals surface area (Å²) in [6, 6.07) is 24.7. The van der Waals surface area contributed by atoms with Crippen LogP contribution in [0.5, 0.6) is 11.5 Å². The van der Waals surface area contributed by atoms with Gasteiger partial charge in [-0.3, -0.25) is 4.79 Å². The molecule has 0 spiro atoms. The molecule has 5 nitrogen and oxygen atoms in total. The van der Waals surface area contributed by atoms with E-state index in [0.717, 1.165) is 16.7 Å². The van der Waals surface area contributed by atoms with Crippen LogP contribution in [0.4, 0.5) is 0 Å². The third-order valence-electron chi connectivity index (χ3n) is 4.72. The van der Waals surface area contributed by atoms with Crippen molar-refractivity contribution in [1.82, 2.24) is 4.90 Å². The molecule has 0 atom stereocenters. The number of carbonyl (C=O) groups excluding carboxylic acids is 1. The van der Waals surface area contributed by atoms with Gasteiger partial charge in [0.1, 0.15) is 6.61 Å². The molecule has 0 aliphatic carbocycles. The molecule has 0 N–H and O–H groups in total. The number of likely N-dealkylation sites (N-methyl/N-ethyl adjacent to an activating group) is 1. The van der Waals surface area contributed by atoms with E-state index in [2.05, 4.69) is 6.07 Å². The van der Waals surface area contributed by atoms with E-state index in [-0.39, 0.29) is 5.91 Å². The molecule has 0 saturated carbocycles. The highest BCUT2D eigenvalue weighted by Gasteiger charge is 2.10. The molecule has 3 rings (SSSR count). The second-order valence-corrected chi connectivity index (χ2v) is 7.02. The van der Waals surface area contributed by atoms with Gasteiger partial charge in [0.25, 0.3) is 0 Å². The van der Waals surface area contributed by atoms with Crippen molar-refractivity contribution in [2.45, 2.75) is 13.2 Å². The van der Waals surface area contributed by atoms with Crippen molar-refractivity contribution < 1.29 is 14.3 Å². The molecule has 5 heteroatoms. The molecule has 0 fully saturated rings. The van der Waals surface area contributed by atoms with Crippen molar-refractivity contribution in [3.05, 3.63) is 101 Å². The van der Waals surface area contributed by atoms with Gasteiger partial charge in [-0.15, -0.1) is 0 Å². The Bertz CT molecular complexity index is 1080. The van der Waals surface area contributed by atoms with Gasteiger partial charge in [0.05, 0.1) is 18.7 Å². The largest absolute Gasteiger partial charge is 0.493 e. The average molecular weight is 412 g/mol. The Hall–Kier alpha value is -4.04. The van der Waals surface area contributed by atoms with Crippen molar-refractivity contribution in [3.8, 4) is 17.6 Å². The minimum Gasteiger partial charge on any atom is -0.493 e. The Balaban J connectivity index is 1.60. The molecule has 3 aromatic rings. The molecule has 31 heavy (non-hydrogen) atoms. The number of hydrogen-bond donors (Lipinski definition) is 0. The molecule has 0 aliphatic rings. The molecule has 0 aliphatic heterocycles. The summed E-state index contributed by atoms with van der Waals surface area (Å²) in [6.07, 6.45) is 3.26. The summed E-state index contributed by atoms with van der Waals surface area (Å²) in [6.45, 7) is 0.890. The molecule has 1 amide bonds. The van der Waals surface area contributed by atoms with Gasteiger partial charge < -0.3 is 14.4 Å². The van der Waals surface area contributed by atoms with Gasteiger partial charge >= 0.3 is 0 Å². The van der Waals surface area contributed by atoms with Crippen molar-refractivity contribution in [2.75, 3.05) is 14.2 Å². The standard InChI is InChI=1S/C26H24N2O3/c1-28(26(29)15-13-20-8-10-21(17-27)11-9-20)18-23-12-14-24(25(16-23)30-2)31-19-22-6-4-3-5-7-22/h3-16H,18-19H2,1-2H3/b15-13+. The predicted molar refractivity (Wildman–Crippen MR) is 120 cm³/mol. The minimum atomic E-state index is -0.118. The van der Waals surface area contributed by atoms with E-state index in [9.17, 15) is 4.79 Å². The van der Waals surface area contributed by atoms with Crippen LogP contribution in [-0.2, 0) is 17.9 Å². The van der Waals surface area contributed by atoms with E-state index >= 15 is 0 Å². The van der Waals surface area contributed by atoms with Crippen molar-refractivity contribution in [3.63, 3.8) is 0 Å². The van der Waals surface area contributed by atoms with E-state index in [4.69, 9.17) is 14.7 Å². The van der Waals surface area contributed by atoms with Gasteiger partial charge in [-0.25, -0.2) is 0 Å². The molecule has 0 saturated heterocycles. The summed E-state index contributed by atoms with van der Waals surface area (Å²) in [7, 11) is 3.35. The van der Waals surface area contributed by atoms with Crippen LogP contribution in [0.1, 0.15) is 22.3 Å². The number of methoxy groups -OCH3 is 1. The monoisotopic (exact) mass is 412 g/mol. The summed E-state index contributed by atoms with van der Waals surface area (Å²) in [4.78, 5) is 14.1. The van der Waals surface area contributed by atoms with Gasteiger partial charge in [0.15, 0.2) is 11.5 Å². The van der Waals surface area contributed by atoms with Crippen molar-refractivity contribution in [1.29, 1.82) is 5.26 Å². The van der Waals surface area contributed by atoms with Gasteiger partial charge in [-0.05, 0) is 47.0 Å². The highest BCUT2D eigenvalue weighted by atomic mass is 16.5. The average Bonchev–Trinajstić information content (AvgIpc) is 2.82. The highest BCUT2D eigenvalue weighted by Crippen LogP contribution is 2.29. The lowest BCUT2D eigenvalue weighted by Crippen LogP contribution is -2.24. The van der Waals surface area contributed by atoms with Gasteiger partial charge in [-0.1, -0.05) is 48.5 Å². The fraction of sp³-hybridized carbons (Fsp3) is 0.154. The number of ether oxygens (including phenoxy) is 2. The first-order valence-electron chi connectivity index (χ1n) is 9.86. The Morgan fingerprint density at radius 2 is 1.74 bits per heavy atom. The molecule has 0 aromatic heterocycles. The van der Waals surface area contributed by atoms with Crippen LogP contribution >= 0.6 is 0 Å². The van der Waals surface area contributed by atoms with Crippen LogP contribution in [0.25, 0.3) is 6.08 Å². The fourth-order valence-electron chi connectivity index (χ4n) is 2.98. The van der Waals surface area contributed by atoms with E-state index < -0.39 is 0 Å². The van der Waals surface area contributed by atoms with Gasteiger partial charge in [-0.2, -0.15) is 5.26 Å². The third kappa shape index (κ3) is 6.22. The molecule has 0 bridgehead atoms. The lowest BCUT2D eigenvalue weighted by Gasteiger charge is -2.17. The highest BCUT2D eigenvalue weighted by molar-refractivity contribution is 5.91. The molecule has 0 unspecified atom stereocenters. The first-order chi connectivity index (χ1) is 15.1. The Morgan fingerprint density at radius 3 is 2.42 bits per heavy atom. The van der Waals surface area contributed by atoms with E-state index in [0.29, 0.717) is 30.2 Å². The van der Waals surface area contributed by atoms with Crippen LogP contribution in [0, 0.1) is 11.3 Å². The lowest BCUT2D eigenvalue weighted by molar-refractivity contribution is -0.125. The second kappa shape index (κ2) is 10.7. The van der Waals surface area contributed by atoms with Crippen LogP contribution < -0.4 is 9.47 Å². The molecular formula is C26H24N2O3. The summed E-state index contributed by atoms with van der Waals surface area (Å²) >= 11 is 0. The predicted octanol–water partition coefficient (Wildman–Crippen LogP) is 4.82. The zero-order valence-corrected chi connectivity index (χ0v) is 17.6. The Labute approximate surface area is 182 Å². The maximum Gasteiger partial charge on any atom is 0.246 e. The molecule has 0 heterocycles. The molecule has 3 aromatic carbocycles. The van der Waals surface area contributed by atoms with Crippen molar-refractivity contribution in [2.24, 2.45) is 0 Å². The number of amides is 1. The normalized spacial score (nSPS) is 10.5. The maximum absolute atomic E-state index is 12.5. The number of hydrogen-bond acceptors (Lipinski definition) is 4. The number of benzene rings is 3. The summed E-state index contributed by atoms with van der Waals surface area (Å²) < 4.78 is 11.4. The smallest absolute Gasteiger partial charge is 0.246 e. The van der Waals surface area contributed by atoms with E-state index in [1.807, 2.05) is 48.5 Å². The first-order valence-corrected chi connectivity index (χ1v) is 9.86. The number of rotatable bonds is 8. The summed E-state index contributed by atoms with van der Waals surface area (Å²) in [5.74, 6) is 1.17. The molecule has 0 radical (unpaired) electrons. The van der Waals surface area contributed by atoms with Gasteiger partial charge in [0.2, 0.25) is 5.91 Å². The minimum absolute atomic E-state index is 0.118. The number of nitriles is 1. The van der Waals surface area contributed by atoms with Gasteiger partial charge in [0, 0.05) is 19.7 Å². The number of carbonyl (C=O) groups is 1. The SMILES string of the molecule is COc1cc(CN(C)C(=O)/C=C/c2ccc(C#N)cc2)ccc1OCc1ccccc1. The quantitative estimate of drug-likeness (QED) is 0.498. The maximum atomic E-state index is 12.5. The van der Waals surface area contributed by atoms with Crippen LogP contribution in [-0.4, -0.2) is 25.0 Å². The molecule has 156 valence electrons. The van der Waals surface area contributed by atoms with E-state index in [1.165, 1.54) is 6.08 Å². The zero-order chi connectivity index (χ0) is 22.1. The Morgan fingerprint density at radius 1 is 1.00 bits per heavy atom. The summed E-state index contributed by atoms with van der Waals surface area (Å²) in [5.41, 5.74) is 3.47. The van der Waals surface area contributed by atoms with Crippen LogP contribution in [0.2, 0.25) is 0 Å². The Kier molecular flexibility index (Phi) is 7.45. The second-order valence-electron chi connectivity index (χ2n) is 7.02. The summed E-state index contributed by atoms with van der Waals surface area (Å²) in [5, 5.41) is 8.85. The van der Waals surface area contributed by atoms with Crippen LogP contribution in [0.3, 0.4) is 0 Å². The zero-order valence-electron chi connectivity index (χ0n) is 17.6. The lowest BCUT2D eigenvalue weighted by atomic mass is 10.1. The fourth-order valence-corrected chi connectivity index (χ4v) is 2.98. The number of nitrogens with zero attached hydrogens (tertiary/aromatic N) is 2.